The second kappa shape index (κ2) is 4.30. The van der Waals surface area contributed by atoms with E-state index in [0.717, 1.165) is 24.4 Å². The normalized spacial score (nSPS) is 26.7. The molecular formula is C11H14ClNO. The van der Waals surface area contributed by atoms with Crippen molar-refractivity contribution < 1.29 is 5.11 Å². The van der Waals surface area contributed by atoms with E-state index in [1.165, 1.54) is 5.56 Å². The lowest BCUT2D eigenvalue weighted by atomic mass is 10.0. The summed E-state index contributed by atoms with van der Waals surface area (Å²) in [6.07, 6.45) is 1.64. The van der Waals surface area contributed by atoms with Gasteiger partial charge in [-0.25, -0.2) is 0 Å². The van der Waals surface area contributed by atoms with E-state index >= 15 is 0 Å². The van der Waals surface area contributed by atoms with Crippen LogP contribution in [0.1, 0.15) is 12.0 Å². The summed E-state index contributed by atoms with van der Waals surface area (Å²) in [4.78, 5) is 0. The molecule has 76 valence electrons. The summed E-state index contributed by atoms with van der Waals surface area (Å²) in [5, 5.41) is 13.4. The average molecular weight is 212 g/mol. The number of benzene rings is 1. The number of β-amino-alcohol motifs (C(OH)–C–C–N with tert-alkyl or cyclic N) is 1. The van der Waals surface area contributed by atoms with Crippen LogP contribution in [-0.2, 0) is 6.42 Å². The monoisotopic (exact) mass is 211 g/mol. The van der Waals surface area contributed by atoms with Crippen molar-refractivity contribution in [1.29, 1.82) is 0 Å². The highest BCUT2D eigenvalue weighted by Gasteiger charge is 2.21. The molecule has 1 saturated heterocycles. The second-order valence-corrected chi connectivity index (χ2v) is 4.26. The van der Waals surface area contributed by atoms with Gasteiger partial charge in [-0.3, -0.25) is 0 Å². The van der Waals surface area contributed by atoms with Gasteiger partial charge in [0.25, 0.3) is 0 Å². The highest BCUT2D eigenvalue weighted by atomic mass is 35.5. The number of aliphatic hydroxyl groups excluding tert-OH is 1. The molecule has 0 aromatic heterocycles. The van der Waals surface area contributed by atoms with Crippen LogP contribution >= 0.6 is 11.6 Å². The summed E-state index contributed by atoms with van der Waals surface area (Å²) in [5.74, 6) is 0. The van der Waals surface area contributed by atoms with Crippen LogP contribution in [-0.4, -0.2) is 23.8 Å². The van der Waals surface area contributed by atoms with E-state index in [1.54, 1.807) is 0 Å². The SMILES string of the molecule is O[C@@H]1CNC(Cc2ccc(Cl)cc2)C1. The Balaban J connectivity index is 1.94. The van der Waals surface area contributed by atoms with Crippen LogP contribution in [0.15, 0.2) is 24.3 Å². The molecular weight excluding hydrogens is 198 g/mol. The van der Waals surface area contributed by atoms with E-state index in [4.69, 9.17) is 11.6 Å². The first-order valence-electron chi connectivity index (χ1n) is 4.90. The lowest BCUT2D eigenvalue weighted by Gasteiger charge is -2.09. The highest BCUT2D eigenvalue weighted by Crippen LogP contribution is 2.15. The van der Waals surface area contributed by atoms with Gasteiger partial charge in [-0.05, 0) is 30.5 Å². The molecule has 0 amide bonds. The molecule has 0 aliphatic carbocycles. The van der Waals surface area contributed by atoms with Crippen molar-refractivity contribution in [3.8, 4) is 0 Å². The third-order valence-electron chi connectivity index (χ3n) is 2.59. The zero-order chi connectivity index (χ0) is 9.97. The summed E-state index contributed by atoms with van der Waals surface area (Å²) >= 11 is 5.80. The van der Waals surface area contributed by atoms with Gasteiger partial charge in [-0.2, -0.15) is 0 Å². The molecule has 1 aromatic rings. The van der Waals surface area contributed by atoms with Crippen LogP contribution < -0.4 is 5.32 Å². The topological polar surface area (TPSA) is 32.3 Å². The van der Waals surface area contributed by atoms with E-state index < -0.39 is 0 Å². The molecule has 0 bridgehead atoms. The molecule has 1 aliphatic rings. The van der Waals surface area contributed by atoms with Crippen molar-refractivity contribution in [1.82, 2.24) is 5.32 Å². The molecule has 1 aliphatic heterocycles. The molecule has 2 rings (SSSR count). The van der Waals surface area contributed by atoms with Gasteiger partial charge < -0.3 is 10.4 Å². The quantitative estimate of drug-likeness (QED) is 0.779. The van der Waals surface area contributed by atoms with Crippen LogP contribution in [0.5, 0.6) is 0 Å². The fourth-order valence-electron chi connectivity index (χ4n) is 1.86. The van der Waals surface area contributed by atoms with Gasteiger partial charge in [-0.15, -0.1) is 0 Å². The Bertz CT molecular complexity index is 299. The largest absolute Gasteiger partial charge is 0.392 e. The van der Waals surface area contributed by atoms with Crippen LogP contribution in [0.2, 0.25) is 5.02 Å². The Morgan fingerprint density at radius 3 is 2.64 bits per heavy atom. The molecule has 2 atom stereocenters. The first-order valence-corrected chi connectivity index (χ1v) is 5.28. The molecule has 0 spiro atoms. The van der Waals surface area contributed by atoms with Crippen molar-refractivity contribution in [3.05, 3.63) is 34.9 Å². The number of aliphatic hydroxyl groups is 1. The van der Waals surface area contributed by atoms with E-state index in [2.05, 4.69) is 5.32 Å². The van der Waals surface area contributed by atoms with Gasteiger partial charge in [0, 0.05) is 17.6 Å². The predicted octanol–water partition coefficient (Wildman–Crippen LogP) is 1.61. The molecule has 0 saturated carbocycles. The van der Waals surface area contributed by atoms with Crippen molar-refractivity contribution in [3.63, 3.8) is 0 Å². The van der Waals surface area contributed by atoms with E-state index in [1.807, 2.05) is 24.3 Å². The lowest BCUT2D eigenvalue weighted by molar-refractivity contribution is 0.193. The van der Waals surface area contributed by atoms with Crippen molar-refractivity contribution in [2.75, 3.05) is 6.54 Å². The third kappa shape index (κ3) is 2.47. The first kappa shape index (κ1) is 9.97. The van der Waals surface area contributed by atoms with Crippen molar-refractivity contribution >= 4 is 11.6 Å². The number of nitrogens with one attached hydrogen (secondary N) is 1. The number of halogens is 1. The molecule has 2 N–H and O–H groups in total. The van der Waals surface area contributed by atoms with Gasteiger partial charge in [0.15, 0.2) is 0 Å². The molecule has 1 heterocycles. The number of hydrogen-bond acceptors (Lipinski definition) is 2. The molecule has 2 nitrogen and oxygen atoms in total. The van der Waals surface area contributed by atoms with Crippen LogP contribution in [0.25, 0.3) is 0 Å². The maximum absolute atomic E-state index is 9.34. The van der Waals surface area contributed by atoms with E-state index in [-0.39, 0.29) is 6.10 Å². The third-order valence-corrected chi connectivity index (χ3v) is 2.85. The van der Waals surface area contributed by atoms with Gasteiger partial charge in [0.05, 0.1) is 6.10 Å². The summed E-state index contributed by atoms with van der Waals surface area (Å²) in [6.45, 7) is 0.720. The predicted molar refractivity (Wildman–Crippen MR) is 57.6 cm³/mol. The Hall–Kier alpha value is -0.570. The fraction of sp³-hybridized carbons (Fsp3) is 0.455. The smallest absolute Gasteiger partial charge is 0.0679 e. The zero-order valence-corrected chi connectivity index (χ0v) is 8.67. The second-order valence-electron chi connectivity index (χ2n) is 3.83. The van der Waals surface area contributed by atoms with Crippen LogP contribution in [0, 0.1) is 0 Å². The van der Waals surface area contributed by atoms with Crippen molar-refractivity contribution in [2.24, 2.45) is 0 Å². The highest BCUT2D eigenvalue weighted by molar-refractivity contribution is 6.30. The maximum Gasteiger partial charge on any atom is 0.0679 e. The molecule has 3 heteroatoms. The number of rotatable bonds is 2. The van der Waals surface area contributed by atoms with Crippen molar-refractivity contribution in [2.45, 2.75) is 25.0 Å². The zero-order valence-electron chi connectivity index (χ0n) is 7.91. The summed E-state index contributed by atoms with van der Waals surface area (Å²) < 4.78 is 0. The lowest BCUT2D eigenvalue weighted by Crippen LogP contribution is -2.23. The molecule has 0 radical (unpaired) electrons. The minimum Gasteiger partial charge on any atom is -0.392 e. The Labute approximate surface area is 88.9 Å². The summed E-state index contributed by atoms with van der Waals surface area (Å²) in [6, 6.07) is 8.29. The molecule has 14 heavy (non-hydrogen) atoms. The average Bonchev–Trinajstić information content (AvgIpc) is 2.56. The Morgan fingerprint density at radius 1 is 1.36 bits per heavy atom. The minimum atomic E-state index is -0.174. The van der Waals surface area contributed by atoms with Gasteiger partial charge in [0.1, 0.15) is 0 Å². The summed E-state index contributed by atoms with van der Waals surface area (Å²) in [5.41, 5.74) is 1.26. The fourth-order valence-corrected chi connectivity index (χ4v) is 1.98. The van der Waals surface area contributed by atoms with E-state index in [9.17, 15) is 5.11 Å². The Morgan fingerprint density at radius 2 is 2.07 bits per heavy atom. The first-order chi connectivity index (χ1) is 6.74. The molecule has 1 aromatic carbocycles. The standard InChI is InChI=1S/C11H14ClNO/c12-9-3-1-8(2-4-9)5-10-6-11(14)7-13-10/h1-4,10-11,13-14H,5-7H2/t10?,11-/m0/s1. The van der Waals surface area contributed by atoms with Gasteiger partial charge in [-0.1, -0.05) is 23.7 Å². The molecule has 1 fully saturated rings. The maximum atomic E-state index is 9.34. The summed E-state index contributed by atoms with van der Waals surface area (Å²) in [7, 11) is 0. The van der Waals surface area contributed by atoms with Crippen LogP contribution in [0.4, 0.5) is 0 Å². The Kier molecular flexibility index (Phi) is 3.06. The number of hydrogen-bond donors (Lipinski definition) is 2. The minimum absolute atomic E-state index is 0.174. The van der Waals surface area contributed by atoms with E-state index in [0.29, 0.717) is 6.04 Å². The van der Waals surface area contributed by atoms with Gasteiger partial charge >= 0.3 is 0 Å². The molecule has 1 unspecified atom stereocenters. The van der Waals surface area contributed by atoms with Gasteiger partial charge in [0.2, 0.25) is 0 Å². The van der Waals surface area contributed by atoms with Crippen LogP contribution in [0.3, 0.4) is 0 Å².